The summed E-state index contributed by atoms with van der Waals surface area (Å²) in [7, 11) is 1.40. The van der Waals surface area contributed by atoms with E-state index in [-0.39, 0.29) is 11.9 Å². The Balaban J connectivity index is 2.36. The van der Waals surface area contributed by atoms with Crippen LogP contribution in [0.2, 0.25) is 0 Å². The summed E-state index contributed by atoms with van der Waals surface area (Å²) in [6.07, 6.45) is 6.64. The van der Waals surface area contributed by atoms with Crippen molar-refractivity contribution in [1.29, 1.82) is 0 Å². The molecule has 0 saturated heterocycles. The van der Waals surface area contributed by atoms with Crippen LogP contribution < -0.4 is 5.73 Å². The Kier molecular flexibility index (Phi) is 5.57. The molecule has 122 valence electrons. The SMILES string of the molecule is CCn1nc([C@@H](C(=O)OC)C2CCCCCC2)cc1C(N)=O. The predicted octanol–water partition coefficient (Wildman–Crippen LogP) is 2.23. The Morgan fingerprint density at radius 2 is 2.00 bits per heavy atom. The highest BCUT2D eigenvalue weighted by molar-refractivity contribution is 5.91. The van der Waals surface area contributed by atoms with Gasteiger partial charge >= 0.3 is 5.97 Å². The summed E-state index contributed by atoms with van der Waals surface area (Å²) < 4.78 is 6.56. The van der Waals surface area contributed by atoms with Gasteiger partial charge in [0.25, 0.3) is 5.91 Å². The maximum atomic E-state index is 12.3. The zero-order valence-corrected chi connectivity index (χ0v) is 13.4. The van der Waals surface area contributed by atoms with Gasteiger partial charge < -0.3 is 10.5 Å². The molecule has 0 bridgehead atoms. The summed E-state index contributed by atoms with van der Waals surface area (Å²) in [5, 5.41) is 4.44. The van der Waals surface area contributed by atoms with E-state index in [4.69, 9.17) is 10.5 Å². The van der Waals surface area contributed by atoms with Crippen molar-refractivity contribution < 1.29 is 14.3 Å². The number of ether oxygens (including phenoxy) is 1. The normalized spacial score (nSPS) is 17.7. The zero-order chi connectivity index (χ0) is 16.1. The Hall–Kier alpha value is -1.85. The first-order valence-corrected chi connectivity index (χ1v) is 8.03. The Morgan fingerprint density at radius 3 is 2.45 bits per heavy atom. The van der Waals surface area contributed by atoms with Crippen molar-refractivity contribution in [3.8, 4) is 0 Å². The van der Waals surface area contributed by atoms with Gasteiger partial charge in [-0.3, -0.25) is 14.3 Å². The van der Waals surface area contributed by atoms with Crippen LogP contribution in [0, 0.1) is 5.92 Å². The van der Waals surface area contributed by atoms with Crippen LogP contribution in [0.5, 0.6) is 0 Å². The number of carbonyl (C=O) groups excluding carboxylic acids is 2. The minimum Gasteiger partial charge on any atom is -0.468 e. The van der Waals surface area contributed by atoms with Crippen molar-refractivity contribution in [2.45, 2.75) is 57.9 Å². The molecule has 1 aromatic heterocycles. The van der Waals surface area contributed by atoms with Gasteiger partial charge in [-0.15, -0.1) is 0 Å². The van der Waals surface area contributed by atoms with E-state index >= 15 is 0 Å². The predicted molar refractivity (Wildman–Crippen MR) is 82.4 cm³/mol. The van der Waals surface area contributed by atoms with Gasteiger partial charge in [0.15, 0.2) is 0 Å². The van der Waals surface area contributed by atoms with E-state index in [2.05, 4.69) is 5.10 Å². The summed E-state index contributed by atoms with van der Waals surface area (Å²) in [5.74, 6) is -0.987. The molecule has 1 aliphatic carbocycles. The van der Waals surface area contributed by atoms with Crippen LogP contribution in [0.4, 0.5) is 0 Å². The summed E-state index contributed by atoms with van der Waals surface area (Å²) in [6, 6.07) is 1.65. The number of nitrogens with two attached hydrogens (primary N) is 1. The third-order valence-electron chi connectivity index (χ3n) is 4.50. The fourth-order valence-electron chi connectivity index (χ4n) is 3.35. The molecule has 2 rings (SSSR count). The first kappa shape index (κ1) is 16.5. The number of aryl methyl sites for hydroxylation is 1. The highest BCUT2D eigenvalue weighted by atomic mass is 16.5. The molecule has 22 heavy (non-hydrogen) atoms. The van der Waals surface area contributed by atoms with E-state index in [0.717, 1.165) is 25.7 Å². The van der Waals surface area contributed by atoms with Crippen molar-refractivity contribution in [1.82, 2.24) is 9.78 Å². The van der Waals surface area contributed by atoms with Gasteiger partial charge in [0.1, 0.15) is 11.6 Å². The van der Waals surface area contributed by atoms with Crippen molar-refractivity contribution in [3.63, 3.8) is 0 Å². The first-order valence-electron chi connectivity index (χ1n) is 8.03. The van der Waals surface area contributed by atoms with Gasteiger partial charge in [0.2, 0.25) is 0 Å². The lowest BCUT2D eigenvalue weighted by atomic mass is 9.84. The Morgan fingerprint density at radius 1 is 1.36 bits per heavy atom. The van der Waals surface area contributed by atoms with E-state index in [9.17, 15) is 9.59 Å². The molecule has 0 aromatic carbocycles. The van der Waals surface area contributed by atoms with Gasteiger partial charge in [-0.25, -0.2) is 0 Å². The standard InChI is InChI=1S/C16H25N3O3/c1-3-19-13(15(17)20)10-12(18-19)14(16(21)22-2)11-8-6-4-5-7-9-11/h10-11,14H,3-9H2,1-2H3,(H2,17,20)/t14-/m0/s1. The third kappa shape index (κ3) is 3.48. The molecule has 2 N–H and O–H groups in total. The number of hydrogen-bond donors (Lipinski definition) is 1. The smallest absolute Gasteiger partial charge is 0.315 e. The highest BCUT2D eigenvalue weighted by Gasteiger charge is 2.34. The number of nitrogens with zero attached hydrogens (tertiary/aromatic N) is 2. The molecule has 0 aliphatic heterocycles. The molecule has 1 aliphatic rings. The third-order valence-corrected chi connectivity index (χ3v) is 4.50. The zero-order valence-electron chi connectivity index (χ0n) is 13.4. The lowest BCUT2D eigenvalue weighted by Crippen LogP contribution is -2.23. The number of primary amides is 1. The maximum absolute atomic E-state index is 12.3. The second-order valence-electron chi connectivity index (χ2n) is 5.89. The van der Waals surface area contributed by atoms with Crippen molar-refractivity contribution >= 4 is 11.9 Å². The molecule has 0 radical (unpaired) electrons. The van der Waals surface area contributed by atoms with Gasteiger partial charge in [-0.2, -0.15) is 5.10 Å². The van der Waals surface area contributed by atoms with Crippen LogP contribution in [0.25, 0.3) is 0 Å². The number of hydrogen-bond acceptors (Lipinski definition) is 4. The van der Waals surface area contributed by atoms with Gasteiger partial charge in [-0.05, 0) is 31.7 Å². The van der Waals surface area contributed by atoms with Crippen LogP contribution in [0.1, 0.15) is 67.5 Å². The average molecular weight is 307 g/mol. The molecule has 1 heterocycles. The van der Waals surface area contributed by atoms with Crippen LogP contribution >= 0.6 is 0 Å². The summed E-state index contributed by atoms with van der Waals surface area (Å²) in [4.78, 5) is 23.8. The second-order valence-corrected chi connectivity index (χ2v) is 5.89. The van der Waals surface area contributed by atoms with Gasteiger partial charge in [-0.1, -0.05) is 25.7 Å². The molecular weight excluding hydrogens is 282 g/mol. The first-order chi connectivity index (χ1) is 10.6. The van der Waals surface area contributed by atoms with Crippen molar-refractivity contribution in [3.05, 3.63) is 17.5 Å². The molecule has 6 heteroatoms. The van der Waals surface area contributed by atoms with E-state index in [0.29, 0.717) is 17.9 Å². The van der Waals surface area contributed by atoms with E-state index < -0.39 is 11.8 Å². The number of amides is 1. The number of aromatic nitrogens is 2. The molecule has 1 atom stereocenters. The molecule has 0 spiro atoms. The van der Waals surface area contributed by atoms with E-state index in [1.165, 1.54) is 20.0 Å². The minimum atomic E-state index is -0.523. The fourth-order valence-corrected chi connectivity index (χ4v) is 3.35. The molecule has 1 aromatic rings. The summed E-state index contributed by atoms with van der Waals surface area (Å²) in [5.41, 5.74) is 6.35. The van der Waals surface area contributed by atoms with E-state index in [1.54, 1.807) is 10.7 Å². The Bertz CT molecular complexity index is 531. The molecule has 1 saturated carbocycles. The number of carbonyl (C=O) groups is 2. The Labute approximate surface area is 131 Å². The average Bonchev–Trinajstić information content (AvgIpc) is 2.76. The number of methoxy groups -OCH3 is 1. The fraction of sp³-hybridized carbons (Fsp3) is 0.688. The summed E-state index contributed by atoms with van der Waals surface area (Å²) >= 11 is 0. The minimum absolute atomic E-state index is 0.218. The van der Waals surface area contributed by atoms with Crippen molar-refractivity contribution in [2.24, 2.45) is 11.7 Å². The number of esters is 1. The van der Waals surface area contributed by atoms with E-state index in [1.807, 2.05) is 6.92 Å². The van der Waals surface area contributed by atoms with Gasteiger partial charge in [0, 0.05) is 6.54 Å². The topological polar surface area (TPSA) is 87.2 Å². The highest BCUT2D eigenvalue weighted by Crippen LogP contribution is 2.35. The van der Waals surface area contributed by atoms with Crippen LogP contribution in [-0.2, 0) is 16.1 Å². The summed E-state index contributed by atoms with van der Waals surface area (Å²) in [6.45, 7) is 2.43. The largest absolute Gasteiger partial charge is 0.468 e. The monoisotopic (exact) mass is 307 g/mol. The maximum Gasteiger partial charge on any atom is 0.315 e. The molecule has 1 fully saturated rings. The molecule has 6 nitrogen and oxygen atoms in total. The molecule has 0 unspecified atom stereocenters. The second kappa shape index (κ2) is 7.42. The molecular formula is C16H25N3O3. The van der Waals surface area contributed by atoms with Crippen LogP contribution in [0.3, 0.4) is 0 Å². The molecule has 1 amide bonds. The van der Waals surface area contributed by atoms with Crippen molar-refractivity contribution in [2.75, 3.05) is 7.11 Å². The lowest BCUT2D eigenvalue weighted by Gasteiger charge is -2.22. The number of rotatable bonds is 5. The lowest BCUT2D eigenvalue weighted by molar-refractivity contribution is -0.144. The quantitative estimate of drug-likeness (QED) is 0.667. The van der Waals surface area contributed by atoms with Gasteiger partial charge in [0.05, 0.1) is 12.8 Å². The van der Waals surface area contributed by atoms with Crippen LogP contribution in [0.15, 0.2) is 6.07 Å². The van der Waals surface area contributed by atoms with Crippen LogP contribution in [-0.4, -0.2) is 28.8 Å².